The molecule has 1 aliphatic carbocycles. The third-order valence-electron chi connectivity index (χ3n) is 6.60. The fourth-order valence-electron chi connectivity index (χ4n) is 4.75. The lowest BCUT2D eigenvalue weighted by Crippen LogP contribution is -2.43. The number of phenolic OH excluding ortho intramolecular Hbond substituents is 1. The van der Waals surface area contributed by atoms with Crippen molar-refractivity contribution in [2.45, 2.75) is 90.1 Å². The van der Waals surface area contributed by atoms with Crippen LogP contribution in [0.15, 0.2) is 12.1 Å². The molecular weight excluding hydrogens is 334 g/mol. The van der Waals surface area contributed by atoms with E-state index in [1.165, 1.54) is 19.3 Å². The lowest BCUT2D eigenvalue weighted by atomic mass is 9.72. The van der Waals surface area contributed by atoms with Gasteiger partial charge in [-0.3, -0.25) is 0 Å². The molecule has 1 aromatic carbocycles. The van der Waals surface area contributed by atoms with E-state index < -0.39 is 12.0 Å². The zero-order valence-corrected chi connectivity index (χ0v) is 16.2. The van der Waals surface area contributed by atoms with Gasteiger partial charge in [0.25, 0.3) is 0 Å². The number of benzene rings is 1. The van der Waals surface area contributed by atoms with E-state index in [4.69, 9.17) is 4.74 Å². The maximum Gasteiger partial charge on any atom is 0.401 e. The van der Waals surface area contributed by atoms with Crippen molar-refractivity contribution in [3.8, 4) is 11.5 Å². The number of alkyl halides is 2. The Kier molecular flexibility index (Phi) is 5.78. The highest BCUT2D eigenvalue weighted by Gasteiger charge is 2.53. The van der Waals surface area contributed by atoms with E-state index in [0.29, 0.717) is 24.3 Å². The predicted molar refractivity (Wildman–Crippen MR) is 100 cm³/mol. The number of halogens is 2. The van der Waals surface area contributed by atoms with Crippen molar-refractivity contribution in [2.75, 3.05) is 0 Å². The van der Waals surface area contributed by atoms with Crippen molar-refractivity contribution in [1.82, 2.24) is 0 Å². The van der Waals surface area contributed by atoms with Gasteiger partial charge in [0.15, 0.2) is 0 Å². The molecule has 1 fully saturated rings. The Balaban J connectivity index is 1.87. The molecule has 1 N–H and O–H groups in total. The molecule has 0 amide bonds. The van der Waals surface area contributed by atoms with Crippen molar-refractivity contribution in [3.05, 3.63) is 23.3 Å². The van der Waals surface area contributed by atoms with Gasteiger partial charge >= 0.3 is 6.11 Å². The molecule has 3 rings (SSSR count). The Morgan fingerprint density at radius 2 is 1.92 bits per heavy atom. The van der Waals surface area contributed by atoms with Crippen LogP contribution >= 0.6 is 0 Å². The SMILES string of the molecule is CCCCCC(C)C(C)c1cc(O)c2c(c1)OC(F)(F)C1CCCCC21. The lowest BCUT2D eigenvalue weighted by Gasteiger charge is -2.42. The molecular formula is C22H32F2O2. The second kappa shape index (κ2) is 7.74. The van der Waals surface area contributed by atoms with Crippen LogP contribution in [0.2, 0.25) is 0 Å². The minimum atomic E-state index is -3.14. The van der Waals surface area contributed by atoms with Crippen LogP contribution in [0, 0.1) is 11.8 Å². The molecule has 1 heterocycles. The zero-order chi connectivity index (χ0) is 18.9. The van der Waals surface area contributed by atoms with E-state index in [2.05, 4.69) is 20.8 Å². The summed E-state index contributed by atoms with van der Waals surface area (Å²) in [5.41, 5.74) is 1.51. The van der Waals surface area contributed by atoms with E-state index in [0.717, 1.165) is 24.8 Å². The average Bonchev–Trinajstić information content (AvgIpc) is 2.60. The molecule has 0 radical (unpaired) electrons. The molecule has 1 saturated carbocycles. The van der Waals surface area contributed by atoms with Crippen molar-refractivity contribution in [2.24, 2.45) is 11.8 Å². The van der Waals surface area contributed by atoms with Crippen LogP contribution < -0.4 is 4.74 Å². The van der Waals surface area contributed by atoms with Gasteiger partial charge in [0, 0.05) is 11.5 Å². The number of rotatable bonds is 6. The number of fused-ring (bicyclic) bond motifs is 3. The molecule has 146 valence electrons. The van der Waals surface area contributed by atoms with Gasteiger partial charge in [-0.2, -0.15) is 8.78 Å². The first-order valence-electron chi connectivity index (χ1n) is 10.3. The van der Waals surface area contributed by atoms with Crippen LogP contribution in [-0.4, -0.2) is 11.2 Å². The largest absolute Gasteiger partial charge is 0.508 e. The summed E-state index contributed by atoms with van der Waals surface area (Å²) in [4.78, 5) is 0. The highest BCUT2D eigenvalue weighted by atomic mass is 19.3. The van der Waals surface area contributed by atoms with Crippen LogP contribution in [0.25, 0.3) is 0 Å². The van der Waals surface area contributed by atoms with E-state index in [1.54, 1.807) is 12.1 Å². The van der Waals surface area contributed by atoms with E-state index in [9.17, 15) is 13.9 Å². The molecule has 4 unspecified atom stereocenters. The summed E-state index contributed by atoms with van der Waals surface area (Å²) in [6.45, 7) is 6.50. The number of aromatic hydroxyl groups is 1. The van der Waals surface area contributed by atoms with Crippen LogP contribution in [-0.2, 0) is 0 Å². The third kappa shape index (κ3) is 3.70. The highest BCUT2D eigenvalue weighted by Crippen LogP contribution is 2.56. The maximum absolute atomic E-state index is 14.5. The number of hydrogen-bond acceptors (Lipinski definition) is 2. The summed E-state index contributed by atoms with van der Waals surface area (Å²) in [6, 6.07) is 3.55. The van der Waals surface area contributed by atoms with Gasteiger partial charge < -0.3 is 9.84 Å². The molecule has 1 aromatic rings. The smallest absolute Gasteiger partial charge is 0.401 e. The lowest BCUT2D eigenvalue weighted by molar-refractivity contribution is -0.236. The molecule has 2 nitrogen and oxygen atoms in total. The first kappa shape index (κ1) is 19.4. The molecule has 0 saturated heterocycles. The normalized spacial score (nSPS) is 26.3. The van der Waals surface area contributed by atoms with Crippen molar-refractivity contribution >= 4 is 0 Å². The Bertz CT molecular complexity index is 629. The van der Waals surface area contributed by atoms with Gasteiger partial charge in [-0.15, -0.1) is 0 Å². The fourth-order valence-corrected chi connectivity index (χ4v) is 4.75. The van der Waals surface area contributed by atoms with Gasteiger partial charge in [-0.25, -0.2) is 0 Å². The maximum atomic E-state index is 14.5. The van der Waals surface area contributed by atoms with Crippen LogP contribution in [0.4, 0.5) is 8.78 Å². The van der Waals surface area contributed by atoms with Gasteiger partial charge in [0.05, 0.1) is 5.92 Å². The number of unbranched alkanes of at least 4 members (excludes halogenated alkanes) is 2. The molecule has 26 heavy (non-hydrogen) atoms. The molecule has 0 spiro atoms. The number of hydrogen-bond donors (Lipinski definition) is 1. The van der Waals surface area contributed by atoms with Gasteiger partial charge in [-0.1, -0.05) is 59.3 Å². The van der Waals surface area contributed by atoms with E-state index >= 15 is 0 Å². The molecule has 0 aromatic heterocycles. The number of phenols is 1. The summed E-state index contributed by atoms with van der Waals surface area (Å²) >= 11 is 0. The Labute approximate surface area is 155 Å². The second-order valence-corrected chi connectivity index (χ2v) is 8.37. The van der Waals surface area contributed by atoms with E-state index in [-0.39, 0.29) is 23.3 Å². The summed E-state index contributed by atoms with van der Waals surface area (Å²) < 4.78 is 34.2. The first-order valence-corrected chi connectivity index (χ1v) is 10.3. The summed E-state index contributed by atoms with van der Waals surface area (Å²) in [7, 11) is 0. The van der Waals surface area contributed by atoms with Crippen LogP contribution in [0.1, 0.15) is 95.1 Å². The molecule has 0 bridgehead atoms. The summed E-state index contributed by atoms with van der Waals surface area (Å²) in [5.74, 6) is -0.145. The Morgan fingerprint density at radius 3 is 2.65 bits per heavy atom. The summed E-state index contributed by atoms with van der Waals surface area (Å²) in [5, 5.41) is 10.7. The minimum Gasteiger partial charge on any atom is -0.508 e. The molecule has 2 aliphatic rings. The average molecular weight is 366 g/mol. The Morgan fingerprint density at radius 1 is 1.19 bits per heavy atom. The molecule has 4 atom stereocenters. The van der Waals surface area contributed by atoms with Crippen molar-refractivity contribution in [3.63, 3.8) is 0 Å². The third-order valence-corrected chi connectivity index (χ3v) is 6.60. The summed E-state index contributed by atoms with van der Waals surface area (Å²) in [6.07, 6.45) is 4.45. The quantitative estimate of drug-likeness (QED) is 0.551. The monoisotopic (exact) mass is 366 g/mol. The predicted octanol–water partition coefficient (Wildman–Crippen LogP) is 6.97. The van der Waals surface area contributed by atoms with Gasteiger partial charge in [-0.05, 0) is 42.4 Å². The van der Waals surface area contributed by atoms with Crippen LogP contribution in [0.3, 0.4) is 0 Å². The van der Waals surface area contributed by atoms with Gasteiger partial charge in [0.2, 0.25) is 0 Å². The van der Waals surface area contributed by atoms with E-state index in [1.807, 2.05) is 0 Å². The minimum absolute atomic E-state index is 0.137. The first-order chi connectivity index (χ1) is 12.3. The van der Waals surface area contributed by atoms with Crippen LogP contribution in [0.5, 0.6) is 11.5 Å². The van der Waals surface area contributed by atoms with Crippen molar-refractivity contribution < 1.29 is 18.6 Å². The second-order valence-electron chi connectivity index (χ2n) is 8.37. The van der Waals surface area contributed by atoms with Crippen molar-refractivity contribution in [1.29, 1.82) is 0 Å². The number of ether oxygens (including phenoxy) is 1. The zero-order valence-electron chi connectivity index (χ0n) is 16.2. The topological polar surface area (TPSA) is 29.5 Å². The highest BCUT2D eigenvalue weighted by molar-refractivity contribution is 5.52. The standard InChI is InChI=1S/C22H32F2O2/c1-4-5-6-9-14(2)15(3)16-12-19(25)21-17-10-7-8-11-18(17)22(23,24)26-20(21)13-16/h12-15,17-18,25H,4-11H2,1-3H3. The molecule has 1 aliphatic heterocycles. The fraction of sp³-hybridized carbons (Fsp3) is 0.727. The van der Waals surface area contributed by atoms with Gasteiger partial charge in [0.1, 0.15) is 11.5 Å². The molecule has 4 heteroatoms. The Hall–Kier alpha value is -1.32.